The maximum atomic E-state index is 8.95. The number of nitrogens with two attached hydrogens (primary N) is 1. The van der Waals surface area contributed by atoms with Crippen molar-refractivity contribution in [1.29, 1.82) is 0 Å². The number of aliphatic hydroxyl groups is 1. The zero-order valence-corrected chi connectivity index (χ0v) is 10.2. The molecule has 0 unspecified atom stereocenters. The highest BCUT2D eigenvalue weighted by molar-refractivity contribution is 5.79. The summed E-state index contributed by atoms with van der Waals surface area (Å²) in [4.78, 5) is 4.62. The van der Waals surface area contributed by atoms with Gasteiger partial charge in [-0.15, -0.1) is 0 Å². The molecule has 0 spiro atoms. The first-order valence-corrected chi connectivity index (χ1v) is 6.11. The minimum atomic E-state index is 0.209. The number of imidazole rings is 1. The Hall–Kier alpha value is -1.55. The number of rotatable bonds is 5. The summed E-state index contributed by atoms with van der Waals surface area (Å²) in [6, 6.07) is 5.81. The summed E-state index contributed by atoms with van der Waals surface area (Å²) in [5.41, 5.74) is 8.57. The molecule has 0 aliphatic rings. The Morgan fingerprint density at radius 1 is 1.41 bits per heavy atom. The molecule has 1 aromatic carbocycles. The topological polar surface area (TPSA) is 64.1 Å². The Kier molecular flexibility index (Phi) is 3.64. The number of aromatic nitrogens is 2. The summed E-state index contributed by atoms with van der Waals surface area (Å²) in [7, 11) is 0. The van der Waals surface area contributed by atoms with Crippen molar-refractivity contribution in [3.05, 3.63) is 24.0 Å². The summed E-state index contributed by atoms with van der Waals surface area (Å²) < 4.78 is 2.19. The molecule has 0 bridgehead atoms. The highest BCUT2D eigenvalue weighted by Crippen LogP contribution is 2.20. The van der Waals surface area contributed by atoms with Gasteiger partial charge in [-0.1, -0.05) is 6.92 Å². The first kappa shape index (κ1) is 11.9. The minimum absolute atomic E-state index is 0.209. The molecule has 0 aliphatic heterocycles. The molecule has 1 heterocycles. The van der Waals surface area contributed by atoms with Gasteiger partial charge < -0.3 is 15.4 Å². The summed E-state index contributed by atoms with van der Waals surface area (Å²) >= 11 is 0. The van der Waals surface area contributed by atoms with Crippen LogP contribution in [0.15, 0.2) is 18.2 Å². The van der Waals surface area contributed by atoms with Crippen molar-refractivity contribution >= 4 is 16.7 Å². The lowest BCUT2D eigenvalue weighted by Gasteiger charge is -2.07. The summed E-state index contributed by atoms with van der Waals surface area (Å²) in [5.74, 6) is 1.08. The van der Waals surface area contributed by atoms with Gasteiger partial charge in [-0.05, 0) is 31.0 Å². The van der Waals surface area contributed by atoms with Crippen LogP contribution < -0.4 is 5.73 Å². The van der Waals surface area contributed by atoms with E-state index in [4.69, 9.17) is 10.8 Å². The first-order chi connectivity index (χ1) is 8.26. The highest BCUT2D eigenvalue weighted by Gasteiger charge is 2.09. The Morgan fingerprint density at radius 2 is 2.24 bits per heavy atom. The summed E-state index contributed by atoms with van der Waals surface area (Å²) in [6.45, 7) is 3.16. The molecule has 0 aliphatic carbocycles. The Bertz CT molecular complexity index is 505. The van der Waals surface area contributed by atoms with E-state index in [1.807, 2.05) is 18.2 Å². The van der Waals surface area contributed by atoms with E-state index in [9.17, 15) is 0 Å². The molecule has 0 saturated carbocycles. The maximum absolute atomic E-state index is 8.95. The zero-order chi connectivity index (χ0) is 12.3. The summed E-state index contributed by atoms with van der Waals surface area (Å²) in [5, 5.41) is 8.95. The van der Waals surface area contributed by atoms with E-state index in [1.165, 1.54) is 0 Å². The fourth-order valence-corrected chi connectivity index (χ4v) is 2.09. The van der Waals surface area contributed by atoms with Crippen LogP contribution in [0.1, 0.15) is 25.6 Å². The van der Waals surface area contributed by atoms with E-state index in [-0.39, 0.29) is 6.61 Å². The van der Waals surface area contributed by atoms with Crippen LogP contribution in [0.2, 0.25) is 0 Å². The Morgan fingerprint density at radius 3 is 2.94 bits per heavy atom. The molecule has 1 aromatic heterocycles. The van der Waals surface area contributed by atoms with E-state index in [1.54, 1.807) is 0 Å². The molecule has 2 rings (SSSR count). The predicted molar refractivity (Wildman–Crippen MR) is 69.8 cm³/mol. The molecule has 4 nitrogen and oxygen atoms in total. The van der Waals surface area contributed by atoms with Gasteiger partial charge in [0.15, 0.2) is 0 Å². The lowest BCUT2D eigenvalue weighted by molar-refractivity contribution is 0.280. The summed E-state index contributed by atoms with van der Waals surface area (Å²) in [6.07, 6.45) is 2.78. The van der Waals surface area contributed by atoms with E-state index in [0.717, 1.165) is 48.4 Å². The van der Waals surface area contributed by atoms with Gasteiger partial charge in [0.1, 0.15) is 5.82 Å². The van der Waals surface area contributed by atoms with Crippen molar-refractivity contribution < 1.29 is 5.11 Å². The molecule has 0 amide bonds. The van der Waals surface area contributed by atoms with Gasteiger partial charge in [-0.2, -0.15) is 0 Å². The number of aliphatic hydroxyl groups excluding tert-OH is 1. The largest absolute Gasteiger partial charge is 0.399 e. The van der Waals surface area contributed by atoms with Crippen LogP contribution >= 0.6 is 0 Å². The van der Waals surface area contributed by atoms with Gasteiger partial charge in [-0.25, -0.2) is 4.98 Å². The van der Waals surface area contributed by atoms with Crippen molar-refractivity contribution in [2.75, 3.05) is 12.3 Å². The second-order valence-corrected chi connectivity index (χ2v) is 4.25. The molecule has 3 N–H and O–H groups in total. The van der Waals surface area contributed by atoms with Crippen LogP contribution in [-0.2, 0) is 13.0 Å². The quantitative estimate of drug-likeness (QED) is 0.776. The number of nitrogens with zero attached hydrogens (tertiary/aromatic N) is 2. The van der Waals surface area contributed by atoms with E-state index < -0.39 is 0 Å². The molecule has 2 aromatic rings. The third-order valence-corrected chi connectivity index (χ3v) is 2.86. The Labute approximate surface area is 101 Å². The number of anilines is 1. The number of benzene rings is 1. The highest BCUT2D eigenvalue weighted by atomic mass is 16.3. The van der Waals surface area contributed by atoms with Crippen molar-refractivity contribution in [1.82, 2.24) is 9.55 Å². The lowest BCUT2D eigenvalue weighted by atomic mass is 10.2. The number of nitrogen functional groups attached to an aromatic ring is 1. The van der Waals surface area contributed by atoms with Gasteiger partial charge >= 0.3 is 0 Å². The van der Waals surface area contributed by atoms with Crippen LogP contribution in [-0.4, -0.2) is 21.3 Å². The number of fused-ring (bicyclic) bond motifs is 1. The fourth-order valence-electron chi connectivity index (χ4n) is 2.09. The molecule has 0 saturated heterocycles. The standard InChI is InChI=1S/C13H19N3O/c1-2-4-13-15-11-9-10(14)5-6-12(11)16(13)7-3-8-17/h5-6,9,17H,2-4,7-8,14H2,1H3. The average molecular weight is 233 g/mol. The van der Waals surface area contributed by atoms with Gasteiger partial charge in [-0.3, -0.25) is 0 Å². The van der Waals surface area contributed by atoms with Crippen molar-refractivity contribution in [3.63, 3.8) is 0 Å². The van der Waals surface area contributed by atoms with Gasteiger partial charge in [0, 0.05) is 25.3 Å². The van der Waals surface area contributed by atoms with Gasteiger partial charge in [0.05, 0.1) is 11.0 Å². The lowest BCUT2D eigenvalue weighted by Crippen LogP contribution is -2.05. The minimum Gasteiger partial charge on any atom is -0.399 e. The van der Waals surface area contributed by atoms with Gasteiger partial charge in [0.25, 0.3) is 0 Å². The molecule has 0 fully saturated rings. The van der Waals surface area contributed by atoms with E-state index >= 15 is 0 Å². The second-order valence-electron chi connectivity index (χ2n) is 4.25. The van der Waals surface area contributed by atoms with Crippen LogP contribution in [0, 0.1) is 0 Å². The first-order valence-electron chi connectivity index (χ1n) is 6.11. The number of hydrogen-bond acceptors (Lipinski definition) is 3. The molecule has 92 valence electrons. The number of hydrogen-bond donors (Lipinski definition) is 2. The molecule has 4 heteroatoms. The van der Waals surface area contributed by atoms with Crippen molar-refractivity contribution in [2.24, 2.45) is 0 Å². The zero-order valence-electron chi connectivity index (χ0n) is 10.2. The molecule has 17 heavy (non-hydrogen) atoms. The average Bonchev–Trinajstić information content (AvgIpc) is 2.63. The second kappa shape index (κ2) is 5.19. The van der Waals surface area contributed by atoms with Crippen molar-refractivity contribution in [3.8, 4) is 0 Å². The molecular formula is C13H19N3O. The van der Waals surface area contributed by atoms with Crippen LogP contribution in [0.4, 0.5) is 5.69 Å². The van der Waals surface area contributed by atoms with Crippen molar-refractivity contribution in [2.45, 2.75) is 32.7 Å². The molecule has 0 radical (unpaired) electrons. The third kappa shape index (κ3) is 2.42. The Balaban J connectivity index is 2.46. The SMILES string of the molecule is CCCc1nc2cc(N)ccc2n1CCCO. The number of aryl methyl sites for hydroxylation is 2. The maximum Gasteiger partial charge on any atom is 0.109 e. The monoisotopic (exact) mass is 233 g/mol. The smallest absolute Gasteiger partial charge is 0.109 e. The normalized spacial score (nSPS) is 11.2. The molecule has 0 atom stereocenters. The van der Waals surface area contributed by atoms with Gasteiger partial charge in [0.2, 0.25) is 0 Å². The van der Waals surface area contributed by atoms with Crippen LogP contribution in [0.5, 0.6) is 0 Å². The van der Waals surface area contributed by atoms with E-state index in [0.29, 0.717) is 0 Å². The predicted octanol–water partition coefficient (Wildman–Crippen LogP) is 1.95. The van der Waals surface area contributed by atoms with Crippen LogP contribution in [0.3, 0.4) is 0 Å². The fraction of sp³-hybridized carbons (Fsp3) is 0.462. The van der Waals surface area contributed by atoms with Crippen LogP contribution in [0.25, 0.3) is 11.0 Å². The third-order valence-electron chi connectivity index (χ3n) is 2.86. The van der Waals surface area contributed by atoms with E-state index in [2.05, 4.69) is 16.5 Å². The molecular weight excluding hydrogens is 214 g/mol.